The van der Waals surface area contributed by atoms with Crippen molar-refractivity contribution in [3.63, 3.8) is 0 Å². The molecule has 0 aliphatic carbocycles. The molecule has 2 heterocycles. The Labute approximate surface area is 90.7 Å². The zero-order valence-electron chi connectivity index (χ0n) is 9.19. The molecule has 0 saturated carbocycles. The summed E-state index contributed by atoms with van der Waals surface area (Å²) >= 11 is 0. The van der Waals surface area contributed by atoms with Gasteiger partial charge in [0.2, 0.25) is 5.95 Å². The molecule has 0 aromatic carbocycles. The van der Waals surface area contributed by atoms with Crippen LogP contribution >= 0.6 is 0 Å². The maximum absolute atomic E-state index is 4.24. The van der Waals surface area contributed by atoms with Gasteiger partial charge in [0.25, 0.3) is 0 Å². The monoisotopic (exact) mass is 206 g/mol. The van der Waals surface area contributed by atoms with Gasteiger partial charge in [-0.2, -0.15) is 0 Å². The number of aromatic nitrogens is 2. The predicted octanol–water partition coefficient (Wildman–Crippen LogP) is 0.912. The first-order valence-corrected chi connectivity index (χ1v) is 5.55. The SMILES string of the molecule is CN(CC1CCCNC1)c1ncccn1. The highest BCUT2D eigenvalue weighted by atomic mass is 15.2. The van der Waals surface area contributed by atoms with E-state index < -0.39 is 0 Å². The zero-order valence-corrected chi connectivity index (χ0v) is 9.19. The Morgan fingerprint density at radius 2 is 2.27 bits per heavy atom. The lowest BCUT2D eigenvalue weighted by atomic mass is 9.99. The Kier molecular flexibility index (Phi) is 3.50. The first-order valence-electron chi connectivity index (χ1n) is 5.55. The second kappa shape index (κ2) is 5.07. The van der Waals surface area contributed by atoms with E-state index in [1.165, 1.54) is 19.4 Å². The summed E-state index contributed by atoms with van der Waals surface area (Å²) in [4.78, 5) is 10.6. The molecule has 2 rings (SSSR count). The van der Waals surface area contributed by atoms with E-state index in [9.17, 15) is 0 Å². The highest BCUT2D eigenvalue weighted by molar-refractivity contribution is 5.26. The van der Waals surface area contributed by atoms with Crippen LogP contribution in [0.2, 0.25) is 0 Å². The summed E-state index contributed by atoms with van der Waals surface area (Å²) in [5.74, 6) is 1.55. The highest BCUT2D eigenvalue weighted by Crippen LogP contribution is 2.13. The lowest BCUT2D eigenvalue weighted by Crippen LogP contribution is -2.37. The molecule has 1 aromatic rings. The Morgan fingerprint density at radius 3 is 2.93 bits per heavy atom. The lowest BCUT2D eigenvalue weighted by Gasteiger charge is -2.27. The van der Waals surface area contributed by atoms with Crippen molar-refractivity contribution < 1.29 is 0 Å². The molecule has 0 spiro atoms. The molecule has 1 atom stereocenters. The number of rotatable bonds is 3. The van der Waals surface area contributed by atoms with Crippen LogP contribution in [-0.4, -0.2) is 36.6 Å². The van der Waals surface area contributed by atoms with Gasteiger partial charge in [-0.3, -0.25) is 0 Å². The molecule has 1 N–H and O–H groups in total. The molecule has 4 nitrogen and oxygen atoms in total. The summed E-state index contributed by atoms with van der Waals surface area (Å²) in [7, 11) is 2.06. The first kappa shape index (κ1) is 10.4. The Hall–Kier alpha value is -1.16. The third kappa shape index (κ3) is 2.89. The molecule has 82 valence electrons. The largest absolute Gasteiger partial charge is 0.344 e. The van der Waals surface area contributed by atoms with Gasteiger partial charge in [0.15, 0.2) is 0 Å². The Balaban J connectivity index is 1.88. The van der Waals surface area contributed by atoms with E-state index in [4.69, 9.17) is 0 Å². The zero-order chi connectivity index (χ0) is 10.5. The van der Waals surface area contributed by atoms with Crippen LogP contribution in [0.15, 0.2) is 18.5 Å². The molecule has 0 amide bonds. The van der Waals surface area contributed by atoms with E-state index in [1.54, 1.807) is 12.4 Å². The van der Waals surface area contributed by atoms with Crippen LogP contribution in [0.25, 0.3) is 0 Å². The lowest BCUT2D eigenvalue weighted by molar-refractivity contribution is 0.380. The van der Waals surface area contributed by atoms with Gasteiger partial charge in [-0.15, -0.1) is 0 Å². The average molecular weight is 206 g/mol. The maximum Gasteiger partial charge on any atom is 0.224 e. The summed E-state index contributed by atoms with van der Waals surface area (Å²) in [5, 5.41) is 3.42. The molecule has 0 bridgehead atoms. The molecule has 1 unspecified atom stereocenters. The van der Waals surface area contributed by atoms with E-state index in [0.717, 1.165) is 25.0 Å². The van der Waals surface area contributed by atoms with Crippen molar-refractivity contribution in [3.8, 4) is 0 Å². The fourth-order valence-electron chi connectivity index (χ4n) is 2.04. The minimum atomic E-state index is 0.729. The first-order chi connectivity index (χ1) is 7.36. The Bertz CT molecular complexity index is 282. The van der Waals surface area contributed by atoms with Crippen LogP contribution in [0.5, 0.6) is 0 Å². The summed E-state index contributed by atoms with van der Waals surface area (Å²) in [6, 6.07) is 1.85. The second-order valence-corrected chi connectivity index (χ2v) is 4.14. The van der Waals surface area contributed by atoms with Crippen molar-refractivity contribution in [1.82, 2.24) is 15.3 Å². The third-order valence-electron chi connectivity index (χ3n) is 2.82. The van der Waals surface area contributed by atoms with Gasteiger partial charge >= 0.3 is 0 Å². The number of piperidine rings is 1. The molecule has 1 aromatic heterocycles. The molecule has 1 aliphatic heterocycles. The topological polar surface area (TPSA) is 41.0 Å². The van der Waals surface area contributed by atoms with Crippen molar-refractivity contribution in [2.24, 2.45) is 5.92 Å². The van der Waals surface area contributed by atoms with Gasteiger partial charge in [0, 0.05) is 26.0 Å². The van der Waals surface area contributed by atoms with E-state index in [0.29, 0.717) is 0 Å². The maximum atomic E-state index is 4.24. The molecule has 1 saturated heterocycles. The fraction of sp³-hybridized carbons (Fsp3) is 0.636. The summed E-state index contributed by atoms with van der Waals surface area (Å²) in [6.07, 6.45) is 6.17. The van der Waals surface area contributed by atoms with Gasteiger partial charge in [0.05, 0.1) is 0 Å². The van der Waals surface area contributed by atoms with Crippen molar-refractivity contribution >= 4 is 5.95 Å². The smallest absolute Gasteiger partial charge is 0.224 e. The predicted molar refractivity (Wildman–Crippen MR) is 60.9 cm³/mol. The molecule has 0 radical (unpaired) electrons. The van der Waals surface area contributed by atoms with Crippen molar-refractivity contribution in [2.45, 2.75) is 12.8 Å². The quantitative estimate of drug-likeness (QED) is 0.798. The number of anilines is 1. The summed E-state index contributed by atoms with van der Waals surface area (Å²) in [6.45, 7) is 3.33. The molecule has 1 fully saturated rings. The number of hydrogen-bond acceptors (Lipinski definition) is 4. The number of nitrogens with zero attached hydrogens (tertiary/aromatic N) is 3. The van der Waals surface area contributed by atoms with E-state index >= 15 is 0 Å². The van der Waals surface area contributed by atoms with Crippen molar-refractivity contribution in [2.75, 3.05) is 31.6 Å². The van der Waals surface area contributed by atoms with Crippen LogP contribution in [0.3, 0.4) is 0 Å². The Morgan fingerprint density at radius 1 is 1.47 bits per heavy atom. The number of hydrogen-bond donors (Lipinski definition) is 1. The van der Waals surface area contributed by atoms with Crippen LogP contribution in [-0.2, 0) is 0 Å². The van der Waals surface area contributed by atoms with Crippen LogP contribution < -0.4 is 10.2 Å². The van der Waals surface area contributed by atoms with Crippen molar-refractivity contribution in [1.29, 1.82) is 0 Å². The summed E-state index contributed by atoms with van der Waals surface area (Å²) in [5.41, 5.74) is 0. The van der Waals surface area contributed by atoms with E-state index in [2.05, 4.69) is 27.2 Å². The molecule has 4 heteroatoms. The van der Waals surface area contributed by atoms with Gasteiger partial charge in [-0.25, -0.2) is 9.97 Å². The van der Waals surface area contributed by atoms with Gasteiger partial charge in [-0.05, 0) is 37.9 Å². The standard InChI is InChI=1S/C11H18N4/c1-15(11-13-6-3-7-14-11)9-10-4-2-5-12-8-10/h3,6-7,10,12H,2,4-5,8-9H2,1H3. The minimum absolute atomic E-state index is 0.729. The van der Waals surface area contributed by atoms with Crippen LogP contribution in [0.4, 0.5) is 5.95 Å². The van der Waals surface area contributed by atoms with Crippen molar-refractivity contribution in [3.05, 3.63) is 18.5 Å². The third-order valence-corrected chi connectivity index (χ3v) is 2.82. The van der Waals surface area contributed by atoms with Gasteiger partial charge < -0.3 is 10.2 Å². The fourth-order valence-corrected chi connectivity index (χ4v) is 2.04. The summed E-state index contributed by atoms with van der Waals surface area (Å²) < 4.78 is 0. The normalized spacial score (nSPS) is 21.3. The minimum Gasteiger partial charge on any atom is -0.344 e. The van der Waals surface area contributed by atoms with E-state index in [1.807, 2.05) is 6.07 Å². The average Bonchev–Trinajstić information content (AvgIpc) is 2.31. The molecule has 15 heavy (non-hydrogen) atoms. The van der Waals surface area contributed by atoms with Crippen LogP contribution in [0.1, 0.15) is 12.8 Å². The van der Waals surface area contributed by atoms with Gasteiger partial charge in [0.1, 0.15) is 0 Å². The van der Waals surface area contributed by atoms with Crippen LogP contribution in [0, 0.1) is 5.92 Å². The molecular formula is C11H18N4. The highest BCUT2D eigenvalue weighted by Gasteiger charge is 2.15. The van der Waals surface area contributed by atoms with E-state index in [-0.39, 0.29) is 0 Å². The second-order valence-electron chi connectivity index (χ2n) is 4.14. The molecule has 1 aliphatic rings. The van der Waals surface area contributed by atoms with Gasteiger partial charge in [-0.1, -0.05) is 0 Å². The number of nitrogens with one attached hydrogen (secondary N) is 1. The molecular weight excluding hydrogens is 188 g/mol.